The molecule has 8 heteroatoms. The number of nitrogens with zero attached hydrogens (tertiary/aromatic N) is 1. The number of rotatable bonds is 5. The van der Waals surface area contributed by atoms with Crippen LogP contribution in [0.1, 0.15) is 43.5 Å². The van der Waals surface area contributed by atoms with Crippen LogP contribution in [0.15, 0.2) is 41.2 Å². The topological polar surface area (TPSA) is 85.4 Å². The summed E-state index contributed by atoms with van der Waals surface area (Å²) >= 11 is 5.51. The predicted octanol–water partition coefficient (Wildman–Crippen LogP) is 4.62. The van der Waals surface area contributed by atoms with E-state index in [1.807, 2.05) is 0 Å². The fourth-order valence-electron chi connectivity index (χ4n) is 4.59. The van der Waals surface area contributed by atoms with Gasteiger partial charge in [-0.3, -0.25) is 9.59 Å². The lowest BCUT2D eigenvalue weighted by Gasteiger charge is -2.34. The molecule has 174 valence electrons. The van der Waals surface area contributed by atoms with E-state index >= 15 is 0 Å². The molecule has 1 heterocycles. The van der Waals surface area contributed by atoms with Crippen LogP contribution >= 0.6 is 12.2 Å². The standard InChI is InChI=1S/C25H29N3O4S/c1-14-6-5-7-19(15(14)2)26-23(29)16-8-10-18-20(12-16)27-25(33)28(24(18)30)21-11-9-17(31-3)13-22(21)32-4/h8-15,19H,5-7H2,1-4H3,(H,26,29)(H,27,33)/t14-,15+,19-/m1/s1. The van der Waals surface area contributed by atoms with E-state index in [0.29, 0.717) is 45.5 Å². The highest BCUT2D eigenvalue weighted by molar-refractivity contribution is 7.71. The van der Waals surface area contributed by atoms with Crippen molar-refractivity contribution in [3.63, 3.8) is 0 Å². The Balaban J connectivity index is 1.71. The van der Waals surface area contributed by atoms with Gasteiger partial charge in [0.25, 0.3) is 11.5 Å². The summed E-state index contributed by atoms with van der Waals surface area (Å²) in [4.78, 5) is 29.4. The average molecular weight is 468 g/mol. The Morgan fingerprint density at radius 3 is 2.64 bits per heavy atom. The number of aromatic amines is 1. The number of fused-ring (bicyclic) bond motifs is 1. The van der Waals surface area contributed by atoms with Crippen LogP contribution in [0.5, 0.6) is 11.5 Å². The van der Waals surface area contributed by atoms with E-state index in [4.69, 9.17) is 21.7 Å². The molecule has 1 amide bonds. The van der Waals surface area contributed by atoms with E-state index in [2.05, 4.69) is 24.1 Å². The maximum absolute atomic E-state index is 13.3. The Kier molecular flexibility index (Phi) is 6.56. The van der Waals surface area contributed by atoms with Gasteiger partial charge in [0.2, 0.25) is 0 Å². The number of amides is 1. The summed E-state index contributed by atoms with van der Waals surface area (Å²) in [5.74, 6) is 1.95. The molecular weight excluding hydrogens is 438 g/mol. The van der Waals surface area contributed by atoms with Crippen LogP contribution < -0.4 is 20.3 Å². The molecule has 0 saturated heterocycles. The van der Waals surface area contributed by atoms with Gasteiger partial charge in [-0.15, -0.1) is 0 Å². The molecule has 0 unspecified atom stereocenters. The van der Waals surface area contributed by atoms with E-state index in [1.54, 1.807) is 43.5 Å². The number of methoxy groups -OCH3 is 2. The Labute approximate surface area is 197 Å². The van der Waals surface area contributed by atoms with Gasteiger partial charge in [0.15, 0.2) is 4.77 Å². The number of benzene rings is 2. The van der Waals surface area contributed by atoms with Gasteiger partial charge in [-0.2, -0.15) is 0 Å². The second-order valence-corrected chi connectivity index (χ2v) is 9.10. The molecule has 1 aliphatic carbocycles. The minimum absolute atomic E-state index is 0.136. The number of nitrogens with one attached hydrogen (secondary N) is 2. The van der Waals surface area contributed by atoms with Crippen molar-refractivity contribution in [1.82, 2.24) is 14.9 Å². The van der Waals surface area contributed by atoms with Crippen molar-refractivity contribution in [2.75, 3.05) is 14.2 Å². The number of carbonyl (C=O) groups is 1. The fourth-order valence-corrected chi connectivity index (χ4v) is 4.88. The lowest BCUT2D eigenvalue weighted by molar-refractivity contribution is 0.0891. The minimum atomic E-state index is -0.293. The number of hydrogen-bond donors (Lipinski definition) is 2. The SMILES string of the molecule is COc1ccc(-n2c(=S)[nH]c3cc(C(=O)N[C@@H]4CCC[C@@H](C)[C@@H]4C)ccc3c2=O)c(OC)c1. The van der Waals surface area contributed by atoms with Crippen molar-refractivity contribution in [1.29, 1.82) is 0 Å². The number of hydrogen-bond acceptors (Lipinski definition) is 5. The van der Waals surface area contributed by atoms with E-state index in [0.717, 1.165) is 12.8 Å². The van der Waals surface area contributed by atoms with Gasteiger partial charge in [0, 0.05) is 17.7 Å². The highest BCUT2D eigenvalue weighted by Crippen LogP contribution is 2.30. The monoisotopic (exact) mass is 467 g/mol. The Hall–Kier alpha value is -3.13. The maximum Gasteiger partial charge on any atom is 0.266 e. The Bertz CT molecular complexity index is 1310. The molecule has 7 nitrogen and oxygen atoms in total. The molecule has 0 spiro atoms. The Morgan fingerprint density at radius 2 is 1.91 bits per heavy atom. The number of aromatic nitrogens is 2. The van der Waals surface area contributed by atoms with Crippen LogP contribution in [0.2, 0.25) is 0 Å². The molecule has 1 saturated carbocycles. The van der Waals surface area contributed by atoms with Crippen LogP contribution in [-0.4, -0.2) is 35.7 Å². The fraction of sp³-hybridized carbons (Fsp3) is 0.400. The third-order valence-electron chi connectivity index (χ3n) is 6.81. The molecule has 0 radical (unpaired) electrons. The van der Waals surface area contributed by atoms with Crippen LogP contribution in [0.25, 0.3) is 16.6 Å². The summed E-state index contributed by atoms with van der Waals surface area (Å²) in [5, 5.41) is 3.61. The lowest BCUT2D eigenvalue weighted by atomic mass is 9.78. The first kappa shape index (κ1) is 23.0. The van der Waals surface area contributed by atoms with Gasteiger partial charge in [0.1, 0.15) is 11.5 Å². The molecule has 33 heavy (non-hydrogen) atoms. The molecule has 3 aromatic rings. The van der Waals surface area contributed by atoms with Crippen molar-refractivity contribution < 1.29 is 14.3 Å². The minimum Gasteiger partial charge on any atom is -0.497 e. The summed E-state index contributed by atoms with van der Waals surface area (Å²) < 4.78 is 12.3. The van der Waals surface area contributed by atoms with Crippen LogP contribution in [-0.2, 0) is 0 Å². The summed E-state index contributed by atoms with van der Waals surface area (Å²) in [6, 6.07) is 10.4. The average Bonchev–Trinajstić information content (AvgIpc) is 2.81. The van der Waals surface area contributed by atoms with Crippen molar-refractivity contribution in [2.45, 2.75) is 39.2 Å². The molecule has 2 N–H and O–H groups in total. The van der Waals surface area contributed by atoms with Gasteiger partial charge < -0.3 is 19.8 Å². The first-order valence-corrected chi connectivity index (χ1v) is 11.6. The van der Waals surface area contributed by atoms with Gasteiger partial charge in [-0.05, 0) is 60.8 Å². The third kappa shape index (κ3) is 4.39. The van der Waals surface area contributed by atoms with Gasteiger partial charge in [-0.25, -0.2) is 4.57 Å². The third-order valence-corrected chi connectivity index (χ3v) is 7.10. The van der Waals surface area contributed by atoms with Gasteiger partial charge in [0.05, 0.1) is 30.8 Å². The number of H-pyrrole nitrogens is 1. The molecule has 1 aromatic heterocycles. The van der Waals surface area contributed by atoms with Crippen molar-refractivity contribution in [3.8, 4) is 17.2 Å². The zero-order chi connectivity index (χ0) is 23.7. The van der Waals surface area contributed by atoms with Crippen molar-refractivity contribution >= 4 is 29.0 Å². The summed E-state index contributed by atoms with van der Waals surface area (Å²) in [6.07, 6.45) is 3.31. The van der Waals surface area contributed by atoms with E-state index in [9.17, 15) is 9.59 Å². The van der Waals surface area contributed by atoms with Crippen LogP contribution in [0.3, 0.4) is 0 Å². The number of ether oxygens (including phenoxy) is 2. The highest BCUT2D eigenvalue weighted by Gasteiger charge is 2.28. The van der Waals surface area contributed by atoms with Gasteiger partial charge in [-0.1, -0.05) is 26.7 Å². The zero-order valence-corrected chi connectivity index (χ0v) is 20.1. The van der Waals surface area contributed by atoms with E-state index in [-0.39, 0.29) is 22.3 Å². The number of carbonyl (C=O) groups excluding carboxylic acids is 1. The Morgan fingerprint density at radius 1 is 1.12 bits per heavy atom. The van der Waals surface area contributed by atoms with Crippen molar-refractivity contribution in [3.05, 3.63) is 57.1 Å². The summed E-state index contributed by atoms with van der Waals surface area (Å²) in [7, 11) is 3.09. The van der Waals surface area contributed by atoms with Crippen molar-refractivity contribution in [2.24, 2.45) is 11.8 Å². The molecule has 0 aliphatic heterocycles. The van der Waals surface area contributed by atoms with Crippen LogP contribution in [0.4, 0.5) is 0 Å². The first-order valence-electron chi connectivity index (χ1n) is 11.2. The largest absolute Gasteiger partial charge is 0.497 e. The molecule has 4 rings (SSSR count). The maximum atomic E-state index is 13.3. The van der Waals surface area contributed by atoms with Gasteiger partial charge >= 0.3 is 0 Å². The molecular formula is C25H29N3O4S. The smallest absolute Gasteiger partial charge is 0.266 e. The molecule has 3 atom stereocenters. The highest BCUT2D eigenvalue weighted by atomic mass is 32.1. The second kappa shape index (κ2) is 9.39. The molecule has 1 aliphatic rings. The predicted molar refractivity (Wildman–Crippen MR) is 131 cm³/mol. The molecule has 1 fully saturated rings. The normalized spacial score (nSPS) is 20.4. The summed E-state index contributed by atoms with van der Waals surface area (Å²) in [6.45, 7) is 4.43. The summed E-state index contributed by atoms with van der Waals surface area (Å²) in [5.41, 5.74) is 1.23. The first-order chi connectivity index (χ1) is 15.8. The zero-order valence-electron chi connectivity index (χ0n) is 19.3. The quantitative estimate of drug-likeness (QED) is 0.535. The van der Waals surface area contributed by atoms with E-state index < -0.39 is 0 Å². The molecule has 0 bridgehead atoms. The second-order valence-electron chi connectivity index (χ2n) is 8.72. The lowest BCUT2D eigenvalue weighted by Crippen LogP contribution is -2.43. The van der Waals surface area contributed by atoms with E-state index in [1.165, 1.54) is 18.1 Å². The van der Waals surface area contributed by atoms with Crippen LogP contribution in [0, 0.1) is 16.6 Å². The molecule has 2 aromatic carbocycles.